The Labute approximate surface area is 136 Å². The lowest BCUT2D eigenvalue weighted by atomic mass is 9.98. The first kappa shape index (κ1) is 18.5. The Balaban J connectivity index is 2.94. The number of unbranched alkanes of at least 4 members (excludes halogenated alkanes) is 2. The zero-order valence-corrected chi connectivity index (χ0v) is 13.9. The van der Waals surface area contributed by atoms with Gasteiger partial charge >= 0.3 is 11.9 Å². The van der Waals surface area contributed by atoms with Gasteiger partial charge in [0.05, 0.1) is 13.2 Å². The van der Waals surface area contributed by atoms with Crippen LogP contribution in [-0.4, -0.2) is 25.2 Å². The zero-order chi connectivity index (χ0) is 16.4. The van der Waals surface area contributed by atoms with Gasteiger partial charge in [0.2, 0.25) is 0 Å². The summed E-state index contributed by atoms with van der Waals surface area (Å²) in [6, 6.07) is 8.45. The first-order valence-electron chi connectivity index (χ1n) is 7.66. The van der Waals surface area contributed by atoms with Gasteiger partial charge in [-0.05, 0) is 18.4 Å². The normalized spacial score (nSPS) is 11.0. The second kappa shape index (κ2) is 9.46. The SMILES string of the molecule is CCCCOC(=O)C(Cl)(C(=O)OCCCC)c1ccccc1. The highest BCUT2D eigenvalue weighted by Gasteiger charge is 2.49. The van der Waals surface area contributed by atoms with Gasteiger partial charge in [0.15, 0.2) is 0 Å². The second-order valence-corrected chi connectivity index (χ2v) is 5.57. The summed E-state index contributed by atoms with van der Waals surface area (Å²) in [5.41, 5.74) is 0.361. The van der Waals surface area contributed by atoms with Gasteiger partial charge in [0.1, 0.15) is 0 Å². The largest absolute Gasteiger partial charge is 0.464 e. The molecule has 5 heteroatoms. The van der Waals surface area contributed by atoms with E-state index in [-0.39, 0.29) is 13.2 Å². The quantitative estimate of drug-likeness (QED) is 0.300. The molecule has 1 aromatic carbocycles. The lowest BCUT2D eigenvalue weighted by molar-refractivity contribution is -0.160. The summed E-state index contributed by atoms with van der Waals surface area (Å²) in [5, 5.41) is 0. The Morgan fingerprint density at radius 2 is 1.41 bits per heavy atom. The van der Waals surface area contributed by atoms with Gasteiger partial charge in [-0.25, -0.2) is 9.59 Å². The summed E-state index contributed by atoms with van der Waals surface area (Å²) < 4.78 is 10.3. The van der Waals surface area contributed by atoms with Crippen molar-refractivity contribution in [2.75, 3.05) is 13.2 Å². The van der Waals surface area contributed by atoms with Crippen LogP contribution in [0.4, 0.5) is 0 Å². The van der Waals surface area contributed by atoms with Crippen LogP contribution in [0.5, 0.6) is 0 Å². The predicted molar refractivity (Wildman–Crippen MR) is 85.7 cm³/mol. The van der Waals surface area contributed by atoms with E-state index in [9.17, 15) is 9.59 Å². The number of hydrogen-bond donors (Lipinski definition) is 0. The maximum Gasteiger partial charge on any atom is 0.343 e. The number of esters is 2. The van der Waals surface area contributed by atoms with Crippen LogP contribution in [0.3, 0.4) is 0 Å². The summed E-state index contributed by atoms with van der Waals surface area (Å²) in [4.78, 5) is 22.8. The molecule has 4 nitrogen and oxygen atoms in total. The Bertz CT molecular complexity index is 451. The first-order valence-corrected chi connectivity index (χ1v) is 8.04. The van der Waals surface area contributed by atoms with Crippen molar-refractivity contribution < 1.29 is 19.1 Å². The van der Waals surface area contributed by atoms with Gasteiger partial charge in [0, 0.05) is 0 Å². The van der Waals surface area contributed by atoms with Gasteiger partial charge < -0.3 is 9.47 Å². The van der Waals surface area contributed by atoms with Gasteiger partial charge in [-0.1, -0.05) is 68.6 Å². The van der Waals surface area contributed by atoms with Crippen LogP contribution in [0, 0.1) is 0 Å². The van der Waals surface area contributed by atoms with Crippen LogP contribution in [0.2, 0.25) is 0 Å². The Morgan fingerprint density at radius 1 is 0.955 bits per heavy atom. The highest BCUT2D eigenvalue weighted by atomic mass is 35.5. The standard InChI is InChI=1S/C17H23ClO4/c1-3-5-12-21-15(19)17(18,14-10-8-7-9-11-14)16(20)22-13-6-4-2/h7-11H,3-6,12-13H2,1-2H3. The summed E-state index contributed by atoms with van der Waals surface area (Å²) in [6.07, 6.45) is 3.21. The highest BCUT2D eigenvalue weighted by Crippen LogP contribution is 2.32. The maximum atomic E-state index is 12.4. The van der Waals surface area contributed by atoms with Gasteiger partial charge in [-0.15, -0.1) is 0 Å². The van der Waals surface area contributed by atoms with E-state index in [4.69, 9.17) is 21.1 Å². The van der Waals surface area contributed by atoms with Crippen molar-refractivity contribution in [2.45, 2.75) is 44.4 Å². The fourth-order valence-corrected chi connectivity index (χ4v) is 2.04. The molecule has 0 aliphatic rings. The van der Waals surface area contributed by atoms with Crippen LogP contribution in [0.1, 0.15) is 45.1 Å². The summed E-state index contributed by atoms with van der Waals surface area (Å²) >= 11 is 6.37. The minimum Gasteiger partial charge on any atom is -0.464 e. The van der Waals surface area contributed by atoms with Crippen LogP contribution in [0.15, 0.2) is 30.3 Å². The minimum atomic E-state index is -1.94. The third-order valence-electron chi connectivity index (χ3n) is 3.20. The van der Waals surface area contributed by atoms with Crippen molar-refractivity contribution in [3.05, 3.63) is 35.9 Å². The fraction of sp³-hybridized carbons (Fsp3) is 0.529. The molecule has 0 fully saturated rings. The molecule has 0 N–H and O–H groups in total. The average Bonchev–Trinajstić information content (AvgIpc) is 2.55. The molecule has 0 heterocycles. The molecule has 0 atom stereocenters. The molecular formula is C17H23ClO4. The number of benzene rings is 1. The zero-order valence-electron chi connectivity index (χ0n) is 13.1. The van der Waals surface area contributed by atoms with Crippen LogP contribution >= 0.6 is 11.6 Å². The molecular weight excluding hydrogens is 304 g/mol. The van der Waals surface area contributed by atoms with Crippen molar-refractivity contribution >= 4 is 23.5 Å². The molecule has 0 unspecified atom stereocenters. The van der Waals surface area contributed by atoms with Gasteiger partial charge in [0.25, 0.3) is 4.87 Å². The minimum absolute atomic E-state index is 0.235. The molecule has 0 saturated carbocycles. The molecule has 0 bridgehead atoms. The molecule has 0 aliphatic carbocycles. The molecule has 1 rings (SSSR count). The third-order valence-corrected chi connectivity index (χ3v) is 3.72. The predicted octanol–water partition coefficient (Wildman–Crippen LogP) is 3.81. The number of rotatable bonds is 9. The Morgan fingerprint density at radius 3 is 1.82 bits per heavy atom. The van der Waals surface area contributed by atoms with E-state index in [0.29, 0.717) is 5.56 Å². The van der Waals surface area contributed by atoms with E-state index < -0.39 is 16.8 Å². The number of halogens is 1. The monoisotopic (exact) mass is 326 g/mol. The van der Waals surface area contributed by atoms with Crippen molar-refractivity contribution in [1.82, 2.24) is 0 Å². The topological polar surface area (TPSA) is 52.6 Å². The molecule has 122 valence electrons. The van der Waals surface area contributed by atoms with E-state index in [1.165, 1.54) is 0 Å². The van der Waals surface area contributed by atoms with Gasteiger partial charge in [-0.2, -0.15) is 0 Å². The highest BCUT2D eigenvalue weighted by molar-refractivity contribution is 6.44. The third kappa shape index (κ3) is 4.73. The first-order chi connectivity index (χ1) is 10.6. The van der Waals surface area contributed by atoms with E-state index in [2.05, 4.69) is 0 Å². The van der Waals surface area contributed by atoms with E-state index >= 15 is 0 Å². The van der Waals surface area contributed by atoms with Crippen molar-refractivity contribution in [1.29, 1.82) is 0 Å². The maximum absolute atomic E-state index is 12.4. The lowest BCUT2D eigenvalue weighted by Crippen LogP contribution is -2.41. The van der Waals surface area contributed by atoms with Crippen molar-refractivity contribution in [3.63, 3.8) is 0 Å². The molecule has 1 aromatic rings. The number of carbonyl (C=O) groups is 2. The van der Waals surface area contributed by atoms with Crippen molar-refractivity contribution in [2.24, 2.45) is 0 Å². The van der Waals surface area contributed by atoms with Crippen LogP contribution in [0.25, 0.3) is 0 Å². The number of carbonyl (C=O) groups excluding carboxylic acids is 2. The van der Waals surface area contributed by atoms with E-state index in [1.807, 2.05) is 13.8 Å². The van der Waals surface area contributed by atoms with Crippen molar-refractivity contribution in [3.8, 4) is 0 Å². The molecule has 0 radical (unpaired) electrons. The summed E-state index contributed by atoms with van der Waals surface area (Å²) in [6.45, 7) is 4.44. The molecule has 0 aliphatic heterocycles. The number of hydrogen-bond acceptors (Lipinski definition) is 4. The van der Waals surface area contributed by atoms with E-state index in [1.54, 1.807) is 30.3 Å². The molecule has 22 heavy (non-hydrogen) atoms. The second-order valence-electron chi connectivity index (χ2n) is 5.00. The molecule has 0 saturated heterocycles. The average molecular weight is 327 g/mol. The van der Waals surface area contributed by atoms with Gasteiger partial charge in [-0.3, -0.25) is 0 Å². The lowest BCUT2D eigenvalue weighted by Gasteiger charge is -2.23. The molecule has 0 amide bonds. The van der Waals surface area contributed by atoms with Crippen LogP contribution in [-0.2, 0) is 23.9 Å². The number of alkyl halides is 1. The molecule has 0 aromatic heterocycles. The molecule has 0 spiro atoms. The Kier molecular flexibility index (Phi) is 7.96. The fourth-order valence-electron chi connectivity index (χ4n) is 1.80. The van der Waals surface area contributed by atoms with Crippen LogP contribution < -0.4 is 0 Å². The van der Waals surface area contributed by atoms with E-state index in [0.717, 1.165) is 25.7 Å². The Hall–Kier alpha value is -1.55. The summed E-state index contributed by atoms with van der Waals surface area (Å²) in [7, 11) is 0. The number of ether oxygens (including phenoxy) is 2. The smallest absolute Gasteiger partial charge is 0.343 e. The summed E-state index contributed by atoms with van der Waals surface area (Å²) in [5.74, 6) is -1.56.